The Balaban J connectivity index is 1.41. The van der Waals surface area contributed by atoms with Gasteiger partial charge in [-0.3, -0.25) is 4.79 Å². The quantitative estimate of drug-likeness (QED) is 0.445. The highest BCUT2D eigenvalue weighted by atomic mass is 16.6. The van der Waals surface area contributed by atoms with Crippen LogP contribution in [0.3, 0.4) is 0 Å². The summed E-state index contributed by atoms with van der Waals surface area (Å²) in [6.45, 7) is 9.40. The van der Waals surface area contributed by atoms with Crippen molar-refractivity contribution in [2.45, 2.75) is 58.2 Å². The van der Waals surface area contributed by atoms with Crippen molar-refractivity contribution in [2.24, 2.45) is 23.2 Å². The van der Waals surface area contributed by atoms with E-state index in [-0.39, 0.29) is 29.3 Å². The number of fused-ring (bicyclic) bond motifs is 2. The second kappa shape index (κ2) is 7.25. The van der Waals surface area contributed by atoms with Crippen LogP contribution in [0, 0.1) is 23.2 Å². The molecule has 0 aromatic heterocycles. The first kappa shape index (κ1) is 18.5. The first-order valence-electron chi connectivity index (χ1n) is 10.5. The predicted octanol–water partition coefficient (Wildman–Crippen LogP) is 1.96. The molecule has 5 nitrogen and oxygen atoms in total. The fraction of sp³-hybridized carbons (Fsp3) is 0.857. The Morgan fingerprint density at radius 3 is 2.92 bits per heavy atom. The lowest BCUT2D eigenvalue weighted by Crippen LogP contribution is -2.54. The van der Waals surface area contributed by atoms with E-state index in [4.69, 9.17) is 4.74 Å². The zero-order valence-electron chi connectivity index (χ0n) is 16.2. The Bertz CT molecular complexity index is 572. The molecule has 5 heteroatoms. The summed E-state index contributed by atoms with van der Waals surface area (Å²) in [6.07, 6.45) is 7.24. The van der Waals surface area contributed by atoms with Gasteiger partial charge in [0.05, 0.1) is 12.0 Å². The van der Waals surface area contributed by atoms with Crippen molar-refractivity contribution in [3.05, 3.63) is 11.6 Å². The number of rotatable bonds is 5. The molecular weight excluding hydrogens is 328 g/mol. The second-order valence-corrected chi connectivity index (χ2v) is 9.05. The molecule has 26 heavy (non-hydrogen) atoms. The molecule has 0 bridgehead atoms. The van der Waals surface area contributed by atoms with E-state index in [0.29, 0.717) is 12.5 Å². The van der Waals surface area contributed by atoms with Gasteiger partial charge in [-0.05, 0) is 44.7 Å². The molecule has 6 atom stereocenters. The molecule has 2 aliphatic carbocycles. The lowest BCUT2D eigenvalue weighted by atomic mass is 9.55. The SMILES string of the molecule is C[C@H]1CCC=C2C[C@H]3OC(=O)[C@@H](CNCCN4CCCC4)[C@H]3[C@@H](O)[C@@]21C. The predicted molar refractivity (Wildman–Crippen MR) is 101 cm³/mol. The number of carbonyl (C=O) groups is 1. The molecule has 0 amide bonds. The molecular formula is C21H34N2O3. The lowest BCUT2D eigenvalue weighted by Gasteiger charge is -2.51. The van der Waals surface area contributed by atoms with Crippen LogP contribution < -0.4 is 5.32 Å². The lowest BCUT2D eigenvalue weighted by molar-refractivity contribution is -0.144. The van der Waals surface area contributed by atoms with E-state index in [1.165, 1.54) is 31.5 Å². The highest BCUT2D eigenvalue weighted by molar-refractivity contribution is 5.76. The zero-order chi connectivity index (χ0) is 18.3. The van der Waals surface area contributed by atoms with Crippen LogP contribution in [0.1, 0.15) is 46.0 Å². The maximum atomic E-state index is 12.5. The molecule has 2 aliphatic heterocycles. The van der Waals surface area contributed by atoms with E-state index >= 15 is 0 Å². The first-order valence-corrected chi connectivity index (χ1v) is 10.5. The Morgan fingerprint density at radius 1 is 1.38 bits per heavy atom. The van der Waals surface area contributed by atoms with Crippen LogP contribution in [-0.4, -0.2) is 60.9 Å². The van der Waals surface area contributed by atoms with Gasteiger partial charge in [-0.2, -0.15) is 0 Å². The highest BCUT2D eigenvalue weighted by Crippen LogP contribution is 2.55. The van der Waals surface area contributed by atoms with E-state index in [9.17, 15) is 9.90 Å². The van der Waals surface area contributed by atoms with E-state index in [1.54, 1.807) is 0 Å². The van der Waals surface area contributed by atoms with E-state index in [2.05, 4.69) is 30.1 Å². The van der Waals surface area contributed by atoms with Gasteiger partial charge in [0.1, 0.15) is 6.10 Å². The first-order chi connectivity index (χ1) is 12.5. The third-order valence-electron chi connectivity index (χ3n) is 7.74. The summed E-state index contributed by atoms with van der Waals surface area (Å²) < 4.78 is 5.72. The topological polar surface area (TPSA) is 61.8 Å². The molecule has 0 spiro atoms. The maximum absolute atomic E-state index is 12.5. The zero-order valence-corrected chi connectivity index (χ0v) is 16.2. The van der Waals surface area contributed by atoms with Gasteiger partial charge in [0.25, 0.3) is 0 Å². The monoisotopic (exact) mass is 362 g/mol. The summed E-state index contributed by atoms with van der Waals surface area (Å²) in [6, 6.07) is 0. The van der Waals surface area contributed by atoms with E-state index in [0.717, 1.165) is 32.4 Å². The summed E-state index contributed by atoms with van der Waals surface area (Å²) in [5.74, 6) is 0.0201. The van der Waals surface area contributed by atoms with Gasteiger partial charge in [0, 0.05) is 37.4 Å². The van der Waals surface area contributed by atoms with Crippen LogP contribution in [-0.2, 0) is 9.53 Å². The minimum Gasteiger partial charge on any atom is -0.461 e. The van der Waals surface area contributed by atoms with Gasteiger partial charge in [-0.15, -0.1) is 0 Å². The Hall–Kier alpha value is -0.910. The van der Waals surface area contributed by atoms with Gasteiger partial charge >= 0.3 is 5.97 Å². The number of aliphatic hydroxyl groups is 1. The average molecular weight is 363 g/mol. The van der Waals surface area contributed by atoms with Crippen molar-refractivity contribution in [1.29, 1.82) is 0 Å². The fourth-order valence-electron chi connectivity index (χ4n) is 5.80. The molecule has 4 rings (SSSR count). The van der Waals surface area contributed by atoms with Crippen LogP contribution in [0.4, 0.5) is 0 Å². The van der Waals surface area contributed by atoms with Gasteiger partial charge in [-0.25, -0.2) is 0 Å². The van der Waals surface area contributed by atoms with Crippen molar-refractivity contribution in [2.75, 3.05) is 32.7 Å². The van der Waals surface area contributed by atoms with Crippen molar-refractivity contribution in [3.8, 4) is 0 Å². The smallest absolute Gasteiger partial charge is 0.311 e. The number of esters is 1. The largest absolute Gasteiger partial charge is 0.461 e. The Labute approximate surface area is 157 Å². The van der Waals surface area contributed by atoms with Crippen molar-refractivity contribution in [1.82, 2.24) is 10.2 Å². The summed E-state index contributed by atoms with van der Waals surface area (Å²) in [4.78, 5) is 15.0. The number of hydrogen-bond acceptors (Lipinski definition) is 5. The molecule has 0 aromatic carbocycles. The molecule has 3 fully saturated rings. The number of likely N-dealkylation sites (tertiary alicyclic amines) is 1. The summed E-state index contributed by atoms with van der Waals surface area (Å²) in [5.41, 5.74) is 1.10. The molecule has 146 valence electrons. The Kier molecular flexibility index (Phi) is 5.15. The fourth-order valence-corrected chi connectivity index (χ4v) is 5.80. The van der Waals surface area contributed by atoms with Gasteiger partial charge in [0.2, 0.25) is 0 Å². The van der Waals surface area contributed by atoms with Crippen molar-refractivity contribution in [3.63, 3.8) is 0 Å². The van der Waals surface area contributed by atoms with E-state index < -0.39 is 6.10 Å². The minimum atomic E-state index is -0.500. The molecule has 1 saturated carbocycles. The Morgan fingerprint density at radius 2 is 2.15 bits per heavy atom. The maximum Gasteiger partial charge on any atom is 0.311 e. The number of ether oxygens (including phenoxy) is 1. The molecule has 2 N–H and O–H groups in total. The number of aliphatic hydroxyl groups excluding tert-OH is 1. The number of carbonyl (C=O) groups excluding carboxylic acids is 1. The van der Waals surface area contributed by atoms with Crippen molar-refractivity contribution < 1.29 is 14.6 Å². The molecule has 0 radical (unpaired) electrons. The minimum absolute atomic E-state index is 0.0792. The summed E-state index contributed by atoms with van der Waals surface area (Å²) >= 11 is 0. The van der Waals surface area contributed by atoms with Gasteiger partial charge in [0.15, 0.2) is 0 Å². The molecule has 0 unspecified atom stereocenters. The van der Waals surface area contributed by atoms with Crippen LogP contribution in [0.25, 0.3) is 0 Å². The van der Waals surface area contributed by atoms with Gasteiger partial charge < -0.3 is 20.1 Å². The third kappa shape index (κ3) is 3.02. The normalized spacial score (nSPS) is 43.0. The van der Waals surface area contributed by atoms with Crippen LogP contribution in [0.5, 0.6) is 0 Å². The van der Waals surface area contributed by atoms with Crippen LogP contribution in [0.15, 0.2) is 11.6 Å². The number of allylic oxidation sites excluding steroid dienone is 1. The molecule has 2 heterocycles. The van der Waals surface area contributed by atoms with Crippen LogP contribution in [0.2, 0.25) is 0 Å². The molecule has 2 saturated heterocycles. The van der Waals surface area contributed by atoms with E-state index in [1.807, 2.05) is 0 Å². The van der Waals surface area contributed by atoms with Crippen LogP contribution >= 0.6 is 0 Å². The number of nitrogens with one attached hydrogen (secondary N) is 1. The average Bonchev–Trinajstić information content (AvgIpc) is 3.23. The third-order valence-corrected chi connectivity index (χ3v) is 7.74. The number of nitrogens with zero attached hydrogens (tertiary/aromatic N) is 1. The second-order valence-electron chi connectivity index (χ2n) is 9.05. The summed E-state index contributed by atoms with van der Waals surface area (Å²) in [5, 5.41) is 14.8. The summed E-state index contributed by atoms with van der Waals surface area (Å²) in [7, 11) is 0. The number of hydrogen-bond donors (Lipinski definition) is 2. The standard InChI is InChI=1S/C21H34N2O3/c1-14-6-5-7-15-12-17-18(19(24)21(14,15)2)16(20(25)26-17)13-22-8-11-23-9-3-4-10-23/h7,14,16-19,22,24H,3-6,8-13H2,1-2H3/t14-,16-,17+,18+,19+,21+/m0/s1. The highest BCUT2D eigenvalue weighted by Gasteiger charge is 2.59. The molecule has 4 aliphatic rings. The van der Waals surface area contributed by atoms with Crippen molar-refractivity contribution >= 4 is 5.97 Å². The molecule has 0 aromatic rings. The van der Waals surface area contributed by atoms with Gasteiger partial charge in [-0.1, -0.05) is 25.5 Å².